The minimum Gasteiger partial charge on any atom is -0.480 e. The first-order chi connectivity index (χ1) is 10.5. The Kier molecular flexibility index (Phi) is 4.93. The van der Waals surface area contributed by atoms with Crippen molar-refractivity contribution in [2.45, 2.75) is 36.4 Å². The van der Waals surface area contributed by atoms with Crippen LogP contribution in [0.3, 0.4) is 0 Å². The Hall–Kier alpha value is -1.32. The fourth-order valence-electron chi connectivity index (χ4n) is 2.51. The molecule has 1 fully saturated rings. The van der Waals surface area contributed by atoms with Gasteiger partial charge in [-0.2, -0.15) is 17.5 Å². The van der Waals surface area contributed by atoms with Crippen LogP contribution in [0.15, 0.2) is 23.1 Å². The van der Waals surface area contributed by atoms with Crippen molar-refractivity contribution < 1.29 is 31.5 Å². The molecule has 23 heavy (non-hydrogen) atoms. The average Bonchev–Trinajstić information content (AvgIpc) is 2.45. The first kappa shape index (κ1) is 18.0. The van der Waals surface area contributed by atoms with Gasteiger partial charge in [-0.25, -0.2) is 8.42 Å². The zero-order chi connectivity index (χ0) is 17.4. The third kappa shape index (κ3) is 3.61. The van der Waals surface area contributed by atoms with Crippen LogP contribution in [0.4, 0.5) is 13.2 Å². The molecule has 1 atom stereocenters. The van der Waals surface area contributed by atoms with E-state index in [1.54, 1.807) is 0 Å². The van der Waals surface area contributed by atoms with Crippen LogP contribution in [0.5, 0.6) is 0 Å². The topological polar surface area (TPSA) is 74.7 Å². The van der Waals surface area contributed by atoms with Gasteiger partial charge < -0.3 is 5.11 Å². The van der Waals surface area contributed by atoms with Crippen molar-refractivity contribution in [3.63, 3.8) is 0 Å². The van der Waals surface area contributed by atoms with Gasteiger partial charge in [0.25, 0.3) is 0 Å². The Morgan fingerprint density at radius 2 is 1.96 bits per heavy atom. The summed E-state index contributed by atoms with van der Waals surface area (Å²) in [6.45, 7) is -0.150. The monoisotopic (exact) mass is 371 g/mol. The van der Waals surface area contributed by atoms with E-state index in [1.165, 1.54) is 0 Å². The molecule has 1 unspecified atom stereocenters. The molecule has 5 nitrogen and oxygen atoms in total. The van der Waals surface area contributed by atoms with E-state index in [2.05, 4.69) is 0 Å². The number of nitrogens with zero attached hydrogens (tertiary/aromatic N) is 1. The van der Waals surface area contributed by atoms with Crippen molar-refractivity contribution in [3.8, 4) is 0 Å². The number of hydrogen-bond donors (Lipinski definition) is 1. The minimum absolute atomic E-state index is 0.0521. The first-order valence-corrected chi connectivity index (χ1v) is 8.48. The molecule has 1 saturated heterocycles. The Balaban J connectivity index is 2.59. The van der Waals surface area contributed by atoms with E-state index in [9.17, 15) is 26.4 Å². The summed E-state index contributed by atoms with van der Waals surface area (Å²) >= 11 is 5.64. The molecule has 0 saturated carbocycles. The maximum atomic E-state index is 13.1. The number of carboxylic acid groups (broad SMARTS) is 1. The van der Waals surface area contributed by atoms with Crippen LogP contribution in [-0.2, 0) is 21.0 Å². The third-order valence-corrected chi connectivity index (χ3v) is 5.76. The largest absolute Gasteiger partial charge is 0.480 e. The second-order valence-corrected chi connectivity index (χ2v) is 7.40. The molecule has 1 aromatic rings. The van der Waals surface area contributed by atoms with Gasteiger partial charge in [-0.1, -0.05) is 11.6 Å². The molecule has 2 rings (SSSR count). The van der Waals surface area contributed by atoms with E-state index < -0.39 is 38.7 Å². The summed E-state index contributed by atoms with van der Waals surface area (Å²) in [7, 11) is -4.64. The maximum absolute atomic E-state index is 13.1. The highest BCUT2D eigenvalue weighted by Gasteiger charge is 2.43. The summed E-state index contributed by atoms with van der Waals surface area (Å²) in [5.74, 6) is -1.39. The van der Waals surface area contributed by atoms with Gasteiger partial charge in [0.2, 0.25) is 10.0 Å². The molecular weight excluding hydrogens is 359 g/mol. The lowest BCUT2D eigenvalue weighted by atomic mass is 10.1. The standard InChI is InChI=1S/C13H13ClF3NO4S/c14-8-4-5-9(13(15,16)17)11(7-8)23(21,22)18-6-2-1-3-10(18)12(19)20/h4-5,7,10H,1-3,6H2,(H,19,20). The Morgan fingerprint density at radius 3 is 2.52 bits per heavy atom. The molecule has 0 aromatic heterocycles. The molecule has 0 aliphatic carbocycles. The lowest BCUT2D eigenvalue weighted by Gasteiger charge is -2.32. The molecule has 0 bridgehead atoms. The number of halogens is 4. The van der Waals surface area contributed by atoms with Crippen LogP contribution in [0.1, 0.15) is 24.8 Å². The van der Waals surface area contributed by atoms with Crippen molar-refractivity contribution in [1.29, 1.82) is 0 Å². The zero-order valence-corrected chi connectivity index (χ0v) is 13.2. The van der Waals surface area contributed by atoms with Crippen molar-refractivity contribution >= 4 is 27.6 Å². The molecule has 10 heteroatoms. The van der Waals surface area contributed by atoms with Gasteiger partial charge in [-0.05, 0) is 37.5 Å². The average molecular weight is 372 g/mol. The molecule has 1 heterocycles. The number of carboxylic acids is 1. The fraction of sp³-hybridized carbons (Fsp3) is 0.462. The summed E-state index contributed by atoms with van der Waals surface area (Å²) < 4.78 is 65.1. The van der Waals surface area contributed by atoms with Crippen LogP contribution in [-0.4, -0.2) is 36.4 Å². The number of sulfonamides is 1. The molecule has 0 radical (unpaired) electrons. The zero-order valence-electron chi connectivity index (χ0n) is 11.7. The molecular formula is C13H13ClF3NO4S. The van der Waals surface area contributed by atoms with E-state index in [1.807, 2.05) is 0 Å². The van der Waals surface area contributed by atoms with Gasteiger partial charge in [0.05, 0.1) is 10.5 Å². The molecule has 128 valence electrons. The van der Waals surface area contributed by atoms with Gasteiger partial charge >= 0.3 is 12.1 Å². The van der Waals surface area contributed by atoms with Crippen molar-refractivity contribution in [2.24, 2.45) is 0 Å². The van der Waals surface area contributed by atoms with Crippen LogP contribution < -0.4 is 0 Å². The highest BCUT2D eigenvalue weighted by atomic mass is 35.5. The van der Waals surface area contributed by atoms with E-state index in [-0.39, 0.29) is 18.0 Å². The predicted molar refractivity (Wildman–Crippen MR) is 75.6 cm³/mol. The van der Waals surface area contributed by atoms with E-state index in [4.69, 9.17) is 16.7 Å². The van der Waals surface area contributed by atoms with Gasteiger partial charge in [-0.15, -0.1) is 0 Å². The summed E-state index contributed by atoms with van der Waals surface area (Å²) in [5, 5.41) is 8.97. The first-order valence-electron chi connectivity index (χ1n) is 6.66. The third-order valence-electron chi connectivity index (χ3n) is 3.57. The quantitative estimate of drug-likeness (QED) is 0.886. The Bertz CT molecular complexity index is 720. The predicted octanol–water partition coefficient (Wildman–Crippen LogP) is 2.99. The number of benzene rings is 1. The molecule has 1 N–H and O–H groups in total. The lowest BCUT2D eigenvalue weighted by Crippen LogP contribution is -2.48. The smallest absolute Gasteiger partial charge is 0.417 e. The normalized spacial score (nSPS) is 20.4. The highest BCUT2D eigenvalue weighted by molar-refractivity contribution is 7.89. The second kappa shape index (κ2) is 6.29. The van der Waals surface area contributed by atoms with Crippen molar-refractivity contribution in [3.05, 3.63) is 28.8 Å². The van der Waals surface area contributed by atoms with Crippen molar-refractivity contribution in [1.82, 2.24) is 4.31 Å². The van der Waals surface area contributed by atoms with Crippen LogP contribution in [0.2, 0.25) is 5.02 Å². The van der Waals surface area contributed by atoms with Crippen LogP contribution in [0, 0.1) is 0 Å². The highest BCUT2D eigenvalue weighted by Crippen LogP contribution is 2.38. The van der Waals surface area contributed by atoms with Crippen molar-refractivity contribution in [2.75, 3.05) is 6.54 Å². The minimum atomic E-state index is -4.90. The Morgan fingerprint density at radius 1 is 1.30 bits per heavy atom. The van der Waals surface area contributed by atoms with E-state index >= 15 is 0 Å². The van der Waals surface area contributed by atoms with Gasteiger partial charge in [0.15, 0.2) is 0 Å². The molecule has 0 amide bonds. The van der Waals surface area contributed by atoms with E-state index in [0.717, 1.165) is 6.07 Å². The summed E-state index contributed by atoms with van der Waals surface area (Å²) in [6.07, 6.45) is -3.98. The number of alkyl halides is 3. The SMILES string of the molecule is O=C(O)C1CCCCN1S(=O)(=O)c1cc(Cl)ccc1C(F)(F)F. The summed E-state index contributed by atoms with van der Waals surface area (Å²) in [4.78, 5) is 10.2. The fourth-order valence-corrected chi connectivity index (χ4v) is 4.64. The van der Waals surface area contributed by atoms with Crippen LogP contribution >= 0.6 is 11.6 Å². The molecule has 1 aliphatic rings. The molecule has 1 aliphatic heterocycles. The summed E-state index contributed by atoms with van der Waals surface area (Å²) in [5.41, 5.74) is -1.36. The number of aliphatic carboxylic acids is 1. The number of carbonyl (C=O) groups is 1. The summed E-state index contributed by atoms with van der Waals surface area (Å²) in [6, 6.07) is 0.838. The molecule has 1 aromatic carbocycles. The van der Waals surface area contributed by atoms with Gasteiger partial charge in [0, 0.05) is 11.6 Å². The number of piperidine rings is 1. The Labute approximate surface area is 135 Å². The van der Waals surface area contributed by atoms with Crippen LogP contribution in [0.25, 0.3) is 0 Å². The van der Waals surface area contributed by atoms with Gasteiger partial charge in [-0.3, -0.25) is 4.79 Å². The van der Waals surface area contributed by atoms with E-state index in [0.29, 0.717) is 29.3 Å². The molecule has 0 spiro atoms. The lowest BCUT2D eigenvalue weighted by molar-refractivity contribution is -0.142. The number of rotatable bonds is 3. The second-order valence-electron chi connectivity index (χ2n) is 5.10. The maximum Gasteiger partial charge on any atom is 0.417 e. The van der Waals surface area contributed by atoms with Gasteiger partial charge in [0.1, 0.15) is 6.04 Å². The number of hydrogen-bond acceptors (Lipinski definition) is 3.